The number of hydrogen-bond donors (Lipinski definition) is 2. The number of carbonyl (C=O) groups is 2. The summed E-state index contributed by atoms with van der Waals surface area (Å²) >= 11 is 0. The van der Waals surface area contributed by atoms with Crippen molar-refractivity contribution < 1.29 is 9.59 Å². The van der Waals surface area contributed by atoms with Crippen molar-refractivity contribution in [3.63, 3.8) is 0 Å². The Morgan fingerprint density at radius 1 is 1.20 bits per heavy atom. The van der Waals surface area contributed by atoms with E-state index in [2.05, 4.69) is 31.0 Å². The Bertz CT molecular complexity index is 1140. The van der Waals surface area contributed by atoms with Crippen molar-refractivity contribution in [2.75, 3.05) is 27.2 Å². The molecule has 2 heterocycles. The van der Waals surface area contributed by atoms with E-state index in [1.54, 1.807) is 4.90 Å². The van der Waals surface area contributed by atoms with Crippen LogP contribution in [0, 0.1) is 23.2 Å². The Morgan fingerprint density at radius 3 is 2.63 bits per heavy atom. The summed E-state index contributed by atoms with van der Waals surface area (Å²) in [6, 6.07) is 7.60. The van der Waals surface area contributed by atoms with E-state index in [1.807, 2.05) is 43.4 Å². The summed E-state index contributed by atoms with van der Waals surface area (Å²) in [6.07, 6.45) is 9.44. The molecule has 2 aliphatic carbocycles. The highest BCUT2D eigenvalue weighted by Crippen LogP contribution is 2.59. The van der Waals surface area contributed by atoms with Gasteiger partial charge in [0.05, 0.1) is 12.0 Å². The summed E-state index contributed by atoms with van der Waals surface area (Å²) in [7, 11) is 3.73. The highest BCUT2D eigenvalue weighted by molar-refractivity contribution is 5.87. The average molecular weight is 477 g/mol. The Morgan fingerprint density at radius 2 is 1.91 bits per heavy atom. The number of piperidine rings is 1. The second-order valence-electron chi connectivity index (χ2n) is 11.6. The first-order valence-electron chi connectivity index (χ1n) is 13.2. The fourth-order valence-corrected chi connectivity index (χ4v) is 7.12. The van der Waals surface area contributed by atoms with Crippen LogP contribution in [0.5, 0.6) is 0 Å². The first-order valence-corrected chi connectivity index (χ1v) is 13.2. The van der Waals surface area contributed by atoms with Crippen LogP contribution in [-0.2, 0) is 9.59 Å². The number of amides is 2. The fraction of sp³-hybridized carbons (Fsp3) is 0.586. The Kier molecular flexibility index (Phi) is 6.28. The summed E-state index contributed by atoms with van der Waals surface area (Å²) in [5, 5.41) is 1.13. The van der Waals surface area contributed by atoms with Crippen LogP contribution < -0.4 is 5.73 Å². The smallest absolute Gasteiger partial charge is 0.240 e. The van der Waals surface area contributed by atoms with Crippen LogP contribution in [0.15, 0.2) is 42.1 Å². The maximum Gasteiger partial charge on any atom is 0.240 e. The number of aromatic nitrogens is 1. The van der Waals surface area contributed by atoms with Crippen LogP contribution in [-0.4, -0.2) is 59.8 Å². The lowest BCUT2D eigenvalue weighted by atomic mass is 9.65. The van der Waals surface area contributed by atoms with Gasteiger partial charge in [0.1, 0.15) is 0 Å². The molecule has 188 valence electrons. The zero-order chi connectivity index (χ0) is 24.9. The van der Waals surface area contributed by atoms with Gasteiger partial charge in [-0.05, 0) is 61.0 Å². The van der Waals surface area contributed by atoms with Crippen molar-refractivity contribution in [1.82, 2.24) is 14.8 Å². The minimum atomic E-state index is -0.569. The molecule has 2 aromatic rings. The molecule has 1 saturated carbocycles. The number of benzene rings is 1. The molecule has 1 aromatic heterocycles. The van der Waals surface area contributed by atoms with E-state index < -0.39 is 6.04 Å². The number of nitrogens with one attached hydrogen (secondary N) is 1. The predicted molar refractivity (Wildman–Crippen MR) is 140 cm³/mol. The van der Waals surface area contributed by atoms with Crippen molar-refractivity contribution in [3.05, 3.63) is 47.7 Å². The van der Waals surface area contributed by atoms with Gasteiger partial charge in [-0.2, -0.15) is 0 Å². The van der Waals surface area contributed by atoms with E-state index in [-0.39, 0.29) is 29.1 Å². The van der Waals surface area contributed by atoms with Gasteiger partial charge in [-0.15, -0.1) is 0 Å². The van der Waals surface area contributed by atoms with Crippen molar-refractivity contribution in [3.8, 4) is 0 Å². The third-order valence-electron chi connectivity index (χ3n) is 9.29. The van der Waals surface area contributed by atoms with Gasteiger partial charge >= 0.3 is 0 Å². The van der Waals surface area contributed by atoms with Crippen LogP contribution in [0.3, 0.4) is 0 Å². The second-order valence-corrected chi connectivity index (χ2v) is 11.6. The van der Waals surface area contributed by atoms with Crippen LogP contribution in [0.1, 0.15) is 57.4 Å². The van der Waals surface area contributed by atoms with Crippen molar-refractivity contribution >= 4 is 22.7 Å². The molecular weight excluding hydrogens is 436 g/mol. The van der Waals surface area contributed by atoms with Gasteiger partial charge in [-0.25, -0.2) is 0 Å². The molecule has 1 aliphatic heterocycles. The van der Waals surface area contributed by atoms with Gasteiger partial charge in [-0.3, -0.25) is 9.59 Å². The summed E-state index contributed by atoms with van der Waals surface area (Å²) in [5.41, 5.74) is 10.3. The molecule has 2 amide bonds. The molecule has 5 atom stereocenters. The fourth-order valence-electron chi connectivity index (χ4n) is 7.12. The van der Waals surface area contributed by atoms with Gasteiger partial charge in [0, 0.05) is 50.2 Å². The zero-order valence-electron chi connectivity index (χ0n) is 21.6. The lowest BCUT2D eigenvalue weighted by Gasteiger charge is -2.45. The number of hydrogen-bond acceptors (Lipinski definition) is 3. The minimum absolute atomic E-state index is 0.00824. The molecule has 6 nitrogen and oxygen atoms in total. The van der Waals surface area contributed by atoms with Crippen LogP contribution in [0.25, 0.3) is 10.9 Å². The number of para-hydroxylation sites is 1. The zero-order valence-corrected chi connectivity index (χ0v) is 21.6. The molecule has 1 saturated heterocycles. The van der Waals surface area contributed by atoms with Gasteiger partial charge in [0.25, 0.3) is 0 Å². The van der Waals surface area contributed by atoms with E-state index in [9.17, 15) is 9.59 Å². The van der Waals surface area contributed by atoms with E-state index in [0.717, 1.165) is 61.7 Å². The van der Waals surface area contributed by atoms with Crippen LogP contribution in [0.2, 0.25) is 0 Å². The topological polar surface area (TPSA) is 82.4 Å². The molecule has 5 rings (SSSR count). The highest BCUT2D eigenvalue weighted by atomic mass is 16.2. The van der Waals surface area contributed by atoms with Gasteiger partial charge in [-0.1, -0.05) is 43.7 Å². The maximum absolute atomic E-state index is 13.5. The maximum atomic E-state index is 13.5. The predicted octanol–water partition coefficient (Wildman–Crippen LogP) is 4.29. The summed E-state index contributed by atoms with van der Waals surface area (Å²) in [6.45, 7) is 5.84. The van der Waals surface area contributed by atoms with E-state index in [0.29, 0.717) is 11.8 Å². The lowest BCUT2D eigenvalue weighted by Crippen LogP contribution is -2.51. The number of likely N-dealkylation sites (tertiary alicyclic amines) is 1. The molecule has 6 heteroatoms. The molecule has 3 N–H and O–H groups in total. The quantitative estimate of drug-likeness (QED) is 0.646. The molecule has 3 aliphatic rings. The monoisotopic (exact) mass is 476 g/mol. The molecule has 0 bridgehead atoms. The standard InChI is InChI=1S/C29H40N4O2/c1-18-9-10-20-22(27(34)32(3)4)16-29(24(20)15-18)11-13-33(14-12-29)28(35)26(30)19(2)23-17-31-25-8-6-5-7-21(23)25/h5-8,10,17-19,22,24,26,31H,9,11-16,30H2,1-4H3/t18?,19-,22-,24?,26-/m1/s1. The molecule has 1 spiro atoms. The number of aromatic amines is 1. The van der Waals surface area contributed by atoms with Gasteiger partial charge in [0.2, 0.25) is 11.8 Å². The van der Waals surface area contributed by atoms with E-state index in [1.165, 1.54) is 5.57 Å². The molecule has 2 fully saturated rings. The number of allylic oxidation sites excluding steroid dienone is 1. The third-order valence-corrected chi connectivity index (χ3v) is 9.29. The number of nitrogens with zero attached hydrogens (tertiary/aromatic N) is 2. The largest absolute Gasteiger partial charge is 0.361 e. The second kappa shape index (κ2) is 9.12. The number of nitrogens with two attached hydrogens (primary N) is 1. The number of carbonyl (C=O) groups excluding carboxylic acids is 2. The number of fused-ring (bicyclic) bond motifs is 3. The Balaban J connectivity index is 1.30. The SMILES string of the molecule is CC1CC=C2C(C1)C1(CCN(C(=O)[C@H](N)[C@H](C)c3c[nH]c4ccccc34)CC1)C[C@H]2C(=O)N(C)C. The average Bonchev–Trinajstić information content (AvgIpc) is 3.42. The first kappa shape index (κ1) is 24.1. The van der Waals surface area contributed by atoms with Crippen LogP contribution >= 0.6 is 0 Å². The third kappa shape index (κ3) is 4.10. The number of H-pyrrole nitrogens is 1. The van der Waals surface area contributed by atoms with Crippen molar-refractivity contribution in [2.24, 2.45) is 28.9 Å². The Hall–Kier alpha value is -2.60. The van der Waals surface area contributed by atoms with Crippen molar-refractivity contribution in [1.29, 1.82) is 0 Å². The Labute approximate surface area is 208 Å². The van der Waals surface area contributed by atoms with E-state index >= 15 is 0 Å². The normalized spacial score (nSPS) is 27.4. The summed E-state index contributed by atoms with van der Waals surface area (Å²) < 4.78 is 0. The van der Waals surface area contributed by atoms with E-state index in [4.69, 9.17) is 5.73 Å². The molecular formula is C29H40N4O2. The minimum Gasteiger partial charge on any atom is -0.361 e. The summed E-state index contributed by atoms with van der Waals surface area (Å²) in [5.74, 6) is 1.34. The lowest BCUT2D eigenvalue weighted by molar-refractivity contribution is -0.136. The molecule has 0 radical (unpaired) electrons. The van der Waals surface area contributed by atoms with Crippen LogP contribution in [0.4, 0.5) is 0 Å². The molecule has 2 unspecified atom stereocenters. The highest BCUT2D eigenvalue weighted by Gasteiger charge is 2.54. The summed E-state index contributed by atoms with van der Waals surface area (Å²) in [4.78, 5) is 33.6. The molecule has 1 aromatic carbocycles. The number of rotatable bonds is 4. The molecule has 35 heavy (non-hydrogen) atoms. The van der Waals surface area contributed by atoms with Gasteiger partial charge < -0.3 is 20.5 Å². The van der Waals surface area contributed by atoms with Gasteiger partial charge in [0.15, 0.2) is 0 Å². The first-order chi connectivity index (χ1) is 16.7. The van der Waals surface area contributed by atoms with Crippen molar-refractivity contribution in [2.45, 2.75) is 57.9 Å².